The Labute approximate surface area is 175 Å². The minimum absolute atomic E-state index is 0.0346. The minimum Gasteiger partial charge on any atom is -0.474 e. The molecule has 1 aliphatic rings. The van der Waals surface area contributed by atoms with E-state index in [0.29, 0.717) is 48.1 Å². The lowest BCUT2D eigenvalue weighted by Crippen LogP contribution is -2.41. The number of piperidine rings is 1. The highest BCUT2D eigenvalue weighted by Gasteiger charge is 2.28. The van der Waals surface area contributed by atoms with Crippen LogP contribution in [-0.2, 0) is 11.3 Å². The highest BCUT2D eigenvalue weighted by molar-refractivity contribution is 6.32. The summed E-state index contributed by atoms with van der Waals surface area (Å²) in [5.41, 5.74) is 1.11. The summed E-state index contributed by atoms with van der Waals surface area (Å²) in [6.45, 7) is 7.51. The number of amides is 2. The number of likely N-dealkylation sites (tertiary alicyclic amines) is 1. The highest BCUT2D eigenvalue weighted by atomic mass is 35.5. The quantitative estimate of drug-likeness (QED) is 0.776. The topological polar surface area (TPSA) is 89.4 Å². The van der Waals surface area contributed by atoms with Gasteiger partial charge in [-0.1, -0.05) is 11.6 Å². The summed E-state index contributed by atoms with van der Waals surface area (Å²) < 4.78 is 7.26. The first kappa shape index (κ1) is 21.1. The van der Waals surface area contributed by atoms with E-state index in [4.69, 9.17) is 16.3 Å². The van der Waals surface area contributed by atoms with Gasteiger partial charge in [0.05, 0.1) is 23.6 Å². The lowest BCUT2D eigenvalue weighted by Gasteiger charge is -2.31. The molecule has 3 rings (SSSR count). The summed E-state index contributed by atoms with van der Waals surface area (Å²) >= 11 is 6.19. The van der Waals surface area contributed by atoms with Gasteiger partial charge in [-0.15, -0.1) is 0 Å². The van der Waals surface area contributed by atoms with Gasteiger partial charge in [0.25, 0.3) is 5.91 Å². The van der Waals surface area contributed by atoms with Gasteiger partial charge in [0, 0.05) is 37.9 Å². The molecule has 0 spiro atoms. The van der Waals surface area contributed by atoms with Crippen LogP contribution in [0.25, 0.3) is 0 Å². The first-order valence-corrected chi connectivity index (χ1v) is 10.2. The second-order valence-corrected chi connectivity index (χ2v) is 7.73. The SMILES string of the molecule is CCn1cc(NC(=O)C2CCN(C(=O)c3cnc(OC(C)C)c(Cl)c3)CC2)cn1. The van der Waals surface area contributed by atoms with E-state index in [-0.39, 0.29) is 23.8 Å². The van der Waals surface area contributed by atoms with Gasteiger partial charge in [0.15, 0.2) is 0 Å². The Bertz CT molecular complexity index is 875. The standard InChI is InChI=1S/C20H26ClN5O3/c1-4-26-12-16(11-23-26)24-18(27)14-5-7-25(8-6-14)20(28)15-9-17(21)19(22-10-15)29-13(2)3/h9-14H,4-8H2,1-3H3,(H,24,27). The van der Waals surface area contributed by atoms with E-state index >= 15 is 0 Å². The Hall–Kier alpha value is -2.61. The minimum atomic E-state index is -0.140. The van der Waals surface area contributed by atoms with Crippen LogP contribution in [0.3, 0.4) is 0 Å². The fourth-order valence-electron chi connectivity index (χ4n) is 3.23. The highest BCUT2D eigenvalue weighted by Crippen LogP contribution is 2.26. The average Bonchev–Trinajstić information content (AvgIpc) is 3.16. The molecule has 0 aliphatic carbocycles. The summed E-state index contributed by atoms with van der Waals surface area (Å²) in [6.07, 6.45) is 6.09. The van der Waals surface area contributed by atoms with Crippen LogP contribution in [0.2, 0.25) is 5.02 Å². The summed E-state index contributed by atoms with van der Waals surface area (Å²) in [6, 6.07) is 1.58. The third kappa shape index (κ3) is 5.26. The molecule has 156 valence electrons. The van der Waals surface area contributed by atoms with Crippen molar-refractivity contribution in [3.8, 4) is 5.88 Å². The van der Waals surface area contributed by atoms with Gasteiger partial charge < -0.3 is 15.0 Å². The van der Waals surface area contributed by atoms with Gasteiger partial charge in [-0.3, -0.25) is 14.3 Å². The predicted octanol–water partition coefficient (Wildman–Crippen LogP) is 3.23. The maximum atomic E-state index is 12.8. The fraction of sp³-hybridized carbons (Fsp3) is 0.500. The number of hydrogen-bond donors (Lipinski definition) is 1. The molecule has 0 bridgehead atoms. The normalized spacial score (nSPS) is 14.9. The van der Waals surface area contributed by atoms with Crippen molar-refractivity contribution in [1.29, 1.82) is 0 Å². The molecule has 8 nitrogen and oxygen atoms in total. The predicted molar refractivity (Wildman–Crippen MR) is 110 cm³/mol. The molecule has 0 radical (unpaired) electrons. The summed E-state index contributed by atoms with van der Waals surface area (Å²) in [5.74, 6) is 0.0128. The molecule has 29 heavy (non-hydrogen) atoms. The van der Waals surface area contributed by atoms with Crippen LogP contribution in [0.4, 0.5) is 5.69 Å². The van der Waals surface area contributed by atoms with Crippen LogP contribution in [0.5, 0.6) is 5.88 Å². The number of nitrogens with one attached hydrogen (secondary N) is 1. The van der Waals surface area contributed by atoms with Crippen molar-refractivity contribution in [2.45, 2.75) is 46.3 Å². The molecule has 1 aliphatic heterocycles. The maximum Gasteiger partial charge on any atom is 0.255 e. The monoisotopic (exact) mass is 419 g/mol. The zero-order valence-electron chi connectivity index (χ0n) is 16.9. The number of anilines is 1. The number of nitrogens with zero attached hydrogens (tertiary/aromatic N) is 4. The Morgan fingerprint density at radius 1 is 1.31 bits per heavy atom. The van der Waals surface area contributed by atoms with Crippen molar-refractivity contribution >= 4 is 29.1 Å². The molecular formula is C20H26ClN5O3. The van der Waals surface area contributed by atoms with E-state index in [1.807, 2.05) is 20.8 Å². The third-order valence-corrected chi connectivity index (χ3v) is 5.05. The average molecular weight is 420 g/mol. The van der Waals surface area contributed by atoms with Crippen LogP contribution < -0.4 is 10.1 Å². The number of halogens is 1. The Balaban J connectivity index is 1.55. The summed E-state index contributed by atoms with van der Waals surface area (Å²) in [5, 5.41) is 7.37. The number of pyridine rings is 1. The first-order chi connectivity index (χ1) is 13.9. The zero-order chi connectivity index (χ0) is 21.0. The van der Waals surface area contributed by atoms with Crippen molar-refractivity contribution in [3.63, 3.8) is 0 Å². The number of carbonyl (C=O) groups is 2. The van der Waals surface area contributed by atoms with Crippen molar-refractivity contribution in [3.05, 3.63) is 35.2 Å². The van der Waals surface area contributed by atoms with E-state index in [9.17, 15) is 9.59 Å². The molecule has 1 N–H and O–H groups in total. The second kappa shape index (κ2) is 9.26. The van der Waals surface area contributed by atoms with Crippen LogP contribution in [0.15, 0.2) is 24.7 Å². The lowest BCUT2D eigenvalue weighted by atomic mass is 9.95. The van der Waals surface area contributed by atoms with Crippen LogP contribution in [-0.4, -0.2) is 50.7 Å². The Kier molecular flexibility index (Phi) is 6.74. The van der Waals surface area contributed by atoms with E-state index in [2.05, 4.69) is 15.4 Å². The summed E-state index contributed by atoms with van der Waals surface area (Å²) in [7, 11) is 0. The smallest absolute Gasteiger partial charge is 0.255 e. The van der Waals surface area contributed by atoms with Crippen LogP contribution in [0, 0.1) is 5.92 Å². The number of aryl methyl sites for hydroxylation is 1. The maximum absolute atomic E-state index is 12.8. The molecule has 0 unspecified atom stereocenters. The number of rotatable bonds is 6. The van der Waals surface area contributed by atoms with Crippen molar-refractivity contribution in [2.24, 2.45) is 5.92 Å². The van der Waals surface area contributed by atoms with Gasteiger partial charge >= 0.3 is 0 Å². The van der Waals surface area contributed by atoms with Gasteiger partial charge in [-0.05, 0) is 39.7 Å². The van der Waals surface area contributed by atoms with Gasteiger partial charge in [-0.2, -0.15) is 5.10 Å². The fourth-order valence-corrected chi connectivity index (χ4v) is 3.44. The Morgan fingerprint density at radius 2 is 2.03 bits per heavy atom. The molecule has 2 aromatic heterocycles. The van der Waals surface area contributed by atoms with E-state index < -0.39 is 0 Å². The Morgan fingerprint density at radius 3 is 2.62 bits per heavy atom. The second-order valence-electron chi connectivity index (χ2n) is 7.32. The lowest BCUT2D eigenvalue weighted by molar-refractivity contribution is -0.121. The zero-order valence-corrected chi connectivity index (χ0v) is 17.6. The van der Waals surface area contributed by atoms with Crippen molar-refractivity contribution in [1.82, 2.24) is 19.7 Å². The van der Waals surface area contributed by atoms with Gasteiger partial charge in [-0.25, -0.2) is 4.98 Å². The molecular weight excluding hydrogens is 394 g/mol. The summed E-state index contributed by atoms with van der Waals surface area (Å²) in [4.78, 5) is 31.1. The molecule has 2 aromatic rings. The molecule has 9 heteroatoms. The van der Waals surface area contributed by atoms with Crippen molar-refractivity contribution in [2.75, 3.05) is 18.4 Å². The largest absolute Gasteiger partial charge is 0.474 e. The van der Waals surface area contributed by atoms with Gasteiger partial charge in [0.2, 0.25) is 11.8 Å². The van der Waals surface area contributed by atoms with E-state index in [0.717, 1.165) is 6.54 Å². The molecule has 0 saturated carbocycles. The number of aromatic nitrogens is 3. The number of carbonyl (C=O) groups excluding carboxylic acids is 2. The molecule has 1 fully saturated rings. The molecule has 2 amide bonds. The van der Waals surface area contributed by atoms with Crippen LogP contribution in [0.1, 0.15) is 44.0 Å². The van der Waals surface area contributed by atoms with Gasteiger partial charge in [0.1, 0.15) is 5.02 Å². The molecule has 0 aromatic carbocycles. The number of hydrogen-bond acceptors (Lipinski definition) is 5. The van der Waals surface area contributed by atoms with E-state index in [1.54, 1.807) is 28.0 Å². The molecule has 3 heterocycles. The first-order valence-electron chi connectivity index (χ1n) is 9.82. The van der Waals surface area contributed by atoms with E-state index in [1.165, 1.54) is 6.20 Å². The van der Waals surface area contributed by atoms with Crippen LogP contribution >= 0.6 is 11.6 Å². The third-order valence-electron chi connectivity index (χ3n) is 4.78. The molecule has 1 saturated heterocycles. The number of ether oxygens (including phenoxy) is 1. The molecule has 0 atom stereocenters. The van der Waals surface area contributed by atoms with Crippen molar-refractivity contribution < 1.29 is 14.3 Å².